The Bertz CT molecular complexity index is 1100. The lowest BCUT2D eigenvalue weighted by Crippen LogP contribution is -2.33. The number of rotatable bonds is 10. The van der Waals surface area contributed by atoms with Crippen molar-refractivity contribution in [3.63, 3.8) is 0 Å². The van der Waals surface area contributed by atoms with Crippen molar-refractivity contribution in [2.75, 3.05) is 14.2 Å². The molecule has 0 saturated heterocycles. The van der Waals surface area contributed by atoms with Gasteiger partial charge in [0, 0.05) is 36.3 Å². The van der Waals surface area contributed by atoms with Crippen LogP contribution in [0.2, 0.25) is 0 Å². The van der Waals surface area contributed by atoms with Crippen LogP contribution in [0.4, 0.5) is 0 Å². The minimum atomic E-state index is 0.00426. The molecule has 0 unspecified atom stereocenters. The van der Waals surface area contributed by atoms with Gasteiger partial charge in [-0.15, -0.1) is 0 Å². The first-order valence-electron chi connectivity index (χ1n) is 12.5. The van der Waals surface area contributed by atoms with Crippen molar-refractivity contribution in [2.45, 2.75) is 50.9 Å². The monoisotopic (exact) mass is 484 g/mol. The van der Waals surface area contributed by atoms with E-state index in [1.807, 2.05) is 58.3 Å². The number of ether oxygens (including phenoxy) is 2. The number of nitrogens with zero attached hydrogens (tertiary/aromatic N) is 2. The fourth-order valence-corrected chi connectivity index (χ4v) is 4.45. The van der Waals surface area contributed by atoms with Crippen LogP contribution in [-0.2, 0) is 13.1 Å². The quantitative estimate of drug-likeness (QED) is 0.391. The smallest absolute Gasteiger partial charge is 0.254 e. The van der Waals surface area contributed by atoms with Crippen molar-refractivity contribution in [1.82, 2.24) is 9.80 Å². The topological polar surface area (TPSA) is 59.1 Å². The van der Waals surface area contributed by atoms with Gasteiger partial charge in [-0.3, -0.25) is 9.59 Å². The largest absolute Gasteiger partial charge is 0.497 e. The third-order valence-corrected chi connectivity index (χ3v) is 6.90. The molecule has 6 nitrogen and oxygen atoms in total. The van der Waals surface area contributed by atoms with Gasteiger partial charge in [0.2, 0.25) is 0 Å². The average molecular weight is 485 g/mol. The summed E-state index contributed by atoms with van der Waals surface area (Å²) in [5, 5.41) is 0. The van der Waals surface area contributed by atoms with E-state index < -0.39 is 0 Å². The van der Waals surface area contributed by atoms with E-state index in [4.69, 9.17) is 9.47 Å². The fraction of sp³-hybridized carbons (Fsp3) is 0.333. The molecule has 2 amide bonds. The predicted octanol–water partition coefficient (Wildman–Crippen LogP) is 5.31. The highest BCUT2D eigenvalue weighted by Gasteiger charge is 2.34. The molecule has 0 atom stereocenters. The Morgan fingerprint density at radius 2 is 0.944 bits per heavy atom. The van der Waals surface area contributed by atoms with E-state index in [0.717, 1.165) is 48.3 Å². The average Bonchev–Trinajstić information content (AvgIpc) is 3.84. The molecule has 0 bridgehead atoms. The molecule has 0 heterocycles. The Hall–Kier alpha value is -3.80. The van der Waals surface area contributed by atoms with E-state index >= 15 is 0 Å². The van der Waals surface area contributed by atoms with Crippen molar-refractivity contribution in [3.8, 4) is 11.5 Å². The zero-order valence-corrected chi connectivity index (χ0v) is 20.9. The zero-order valence-electron chi connectivity index (χ0n) is 20.9. The van der Waals surface area contributed by atoms with Crippen molar-refractivity contribution in [2.24, 2.45) is 0 Å². The Kier molecular flexibility index (Phi) is 6.94. The minimum absolute atomic E-state index is 0.00426. The van der Waals surface area contributed by atoms with E-state index in [1.165, 1.54) is 0 Å². The number of carbonyl (C=O) groups excluding carboxylic acids is 2. The van der Waals surface area contributed by atoms with Crippen molar-refractivity contribution in [3.05, 3.63) is 95.1 Å². The highest BCUT2D eigenvalue weighted by atomic mass is 16.5. The molecule has 3 aromatic rings. The molecule has 0 aliphatic heterocycles. The second-order valence-corrected chi connectivity index (χ2v) is 9.60. The van der Waals surface area contributed by atoms with Gasteiger partial charge in [0.25, 0.3) is 11.8 Å². The molecule has 6 heteroatoms. The molecule has 2 aliphatic rings. The highest BCUT2D eigenvalue weighted by Crippen LogP contribution is 2.32. The molecule has 2 aliphatic carbocycles. The van der Waals surface area contributed by atoms with Crippen LogP contribution >= 0.6 is 0 Å². The van der Waals surface area contributed by atoms with Gasteiger partial charge >= 0.3 is 0 Å². The molecule has 0 N–H and O–H groups in total. The number of benzene rings is 3. The van der Waals surface area contributed by atoms with Gasteiger partial charge in [0.15, 0.2) is 0 Å². The maximum absolute atomic E-state index is 13.4. The summed E-state index contributed by atoms with van der Waals surface area (Å²) in [6.45, 7) is 1.12. The maximum Gasteiger partial charge on any atom is 0.254 e. The molecular formula is C30H32N2O4. The molecule has 0 radical (unpaired) electrons. The summed E-state index contributed by atoms with van der Waals surface area (Å²) >= 11 is 0. The number of carbonyl (C=O) groups is 2. The van der Waals surface area contributed by atoms with Gasteiger partial charge in [0.1, 0.15) is 11.5 Å². The van der Waals surface area contributed by atoms with Crippen LogP contribution in [0.3, 0.4) is 0 Å². The highest BCUT2D eigenvalue weighted by molar-refractivity contribution is 5.98. The van der Waals surface area contributed by atoms with Crippen molar-refractivity contribution < 1.29 is 19.1 Å². The van der Waals surface area contributed by atoms with Gasteiger partial charge < -0.3 is 19.3 Å². The van der Waals surface area contributed by atoms with E-state index in [9.17, 15) is 9.59 Å². The summed E-state index contributed by atoms with van der Waals surface area (Å²) in [4.78, 5) is 30.6. The molecule has 0 spiro atoms. The van der Waals surface area contributed by atoms with Crippen molar-refractivity contribution in [1.29, 1.82) is 0 Å². The third-order valence-electron chi connectivity index (χ3n) is 6.90. The first-order chi connectivity index (χ1) is 17.6. The summed E-state index contributed by atoms with van der Waals surface area (Å²) in [5.74, 6) is 1.61. The summed E-state index contributed by atoms with van der Waals surface area (Å²) in [6, 6.07) is 23.4. The Morgan fingerprint density at radius 1 is 0.611 bits per heavy atom. The lowest BCUT2D eigenvalue weighted by Gasteiger charge is -2.24. The number of amides is 2. The van der Waals surface area contributed by atoms with Crippen LogP contribution in [0.15, 0.2) is 72.8 Å². The third kappa shape index (κ3) is 5.54. The van der Waals surface area contributed by atoms with Crippen LogP contribution in [-0.4, -0.2) is 47.9 Å². The lowest BCUT2D eigenvalue weighted by molar-refractivity contribution is 0.0718. The SMILES string of the molecule is COc1ccc(CN(C(=O)c2ccc(C(=O)N(Cc3ccc(OC)cc3)C3CC3)cc2)C2CC2)cc1. The van der Waals surface area contributed by atoms with Crippen LogP contribution in [0.25, 0.3) is 0 Å². The normalized spacial score (nSPS) is 14.7. The molecule has 2 saturated carbocycles. The Morgan fingerprint density at radius 3 is 1.22 bits per heavy atom. The number of hydrogen-bond acceptors (Lipinski definition) is 4. The van der Waals surface area contributed by atoms with Crippen LogP contribution in [0, 0.1) is 0 Å². The molecule has 0 aromatic heterocycles. The molecule has 2 fully saturated rings. The second kappa shape index (κ2) is 10.4. The molecule has 186 valence electrons. The lowest BCUT2D eigenvalue weighted by atomic mass is 10.1. The van der Waals surface area contributed by atoms with E-state index in [-0.39, 0.29) is 23.9 Å². The zero-order chi connectivity index (χ0) is 25.1. The van der Waals surface area contributed by atoms with E-state index in [0.29, 0.717) is 24.2 Å². The van der Waals surface area contributed by atoms with Crippen LogP contribution < -0.4 is 9.47 Å². The first-order valence-corrected chi connectivity index (χ1v) is 12.5. The van der Waals surface area contributed by atoms with Gasteiger partial charge in [0.05, 0.1) is 14.2 Å². The summed E-state index contributed by atoms with van der Waals surface area (Å²) in [6.07, 6.45) is 4.11. The van der Waals surface area contributed by atoms with Gasteiger partial charge in [-0.05, 0) is 85.3 Å². The first kappa shape index (κ1) is 23.9. The van der Waals surface area contributed by atoms with Gasteiger partial charge in [-0.2, -0.15) is 0 Å². The standard InChI is InChI=1S/C30H32N2O4/c1-35-27-15-3-21(4-16-27)19-31(25-11-12-25)29(33)23-7-9-24(10-8-23)30(34)32(26-13-14-26)20-22-5-17-28(36-2)18-6-22/h3-10,15-18,25-26H,11-14,19-20H2,1-2H3. The molecule has 5 rings (SSSR count). The molecular weight excluding hydrogens is 452 g/mol. The second-order valence-electron chi connectivity index (χ2n) is 9.60. The molecule has 36 heavy (non-hydrogen) atoms. The van der Waals surface area contributed by atoms with Crippen LogP contribution in [0.5, 0.6) is 11.5 Å². The van der Waals surface area contributed by atoms with E-state index in [1.54, 1.807) is 38.5 Å². The summed E-state index contributed by atoms with van der Waals surface area (Å²) in [7, 11) is 3.29. The molecule has 3 aromatic carbocycles. The predicted molar refractivity (Wildman–Crippen MR) is 138 cm³/mol. The minimum Gasteiger partial charge on any atom is -0.497 e. The summed E-state index contributed by atoms with van der Waals surface area (Å²) in [5.41, 5.74) is 3.36. The maximum atomic E-state index is 13.4. The van der Waals surface area contributed by atoms with Crippen molar-refractivity contribution >= 4 is 11.8 Å². The number of methoxy groups -OCH3 is 2. The fourth-order valence-electron chi connectivity index (χ4n) is 4.45. The number of hydrogen-bond donors (Lipinski definition) is 0. The Labute approximate surface area is 212 Å². The summed E-state index contributed by atoms with van der Waals surface area (Å²) < 4.78 is 10.5. The van der Waals surface area contributed by atoms with E-state index in [2.05, 4.69) is 0 Å². The Balaban J connectivity index is 1.28. The van der Waals surface area contributed by atoms with Gasteiger partial charge in [-0.25, -0.2) is 0 Å². The van der Waals surface area contributed by atoms with Crippen LogP contribution in [0.1, 0.15) is 57.5 Å². The van der Waals surface area contributed by atoms with Gasteiger partial charge in [-0.1, -0.05) is 24.3 Å².